The Morgan fingerprint density at radius 2 is 1.61 bits per heavy atom. The van der Waals surface area contributed by atoms with Crippen LogP contribution in [0.5, 0.6) is 0 Å². The number of halogens is 1. The molecular formula is C31H33FN4. The third-order valence-electron chi connectivity index (χ3n) is 6.33. The molecule has 0 aliphatic rings. The molecule has 2 N–H and O–H groups in total. The topological polar surface area (TPSA) is 41.9 Å². The largest absolute Gasteiger partial charge is 0.385 e. The van der Waals surface area contributed by atoms with Crippen molar-refractivity contribution >= 4 is 27.9 Å². The lowest BCUT2D eigenvalue weighted by molar-refractivity contribution is 0.613. The average molecular weight is 481 g/mol. The zero-order chi connectivity index (χ0) is 25.5. The average Bonchev–Trinajstić information content (AvgIpc) is 3.22. The van der Waals surface area contributed by atoms with Gasteiger partial charge in [0.15, 0.2) is 5.82 Å². The summed E-state index contributed by atoms with van der Waals surface area (Å²) in [5, 5.41) is 13.5. The van der Waals surface area contributed by atoms with E-state index in [9.17, 15) is 4.39 Å². The maximum absolute atomic E-state index is 14.0. The molecule has 0 amide bonds. The first-order valence-electron chi connectivity index (χ1n) is 12.3. The number of aryl methyl sites for hydroxylation is 1. The fourth-order valence-corrected chi connectivity index (χ4v) is 4.18. The fourth-order valence-electron chi connectivity index (χ4n) is 4.18. The van der Waals surface area contributed by atoms with Crippen LogP contribution < -0.4 is 10.6 Å². The number of aromatic nitrogens is 2. The molecule has 184 valence electrons. The normalized spacial score (nSPS) is 11.5. The van der Waals surface area contributed by atoms with Crippen molar-refractivity contribution in [3.05, 3.63) is 120 Å². The molecule has 1 heterocycles. The van der Waals surface area contributed by atoms with E-state index in [4.69, 9.17) is 0 Å². The maximum Gasteiger partial charge on any atom is 0.164 e. The summed E-state index contributed by atoms with van der Waals surface area (Å²) in [5.74, 6) is 0.374. The zero-order valence-corrected chi connectivity index (χ0v) is 21.0. The molecule has 4 aromatic rings. The van der Waals surface area contributed by atoms with Crippen LogP contribution >= 0.6 is 0 Å². The van der Waals surface area contributed by atoms with Crippen molar-refractivity contribution in [3.8, 4) is 0 Å². The zero-order valence-electron chi connectivity index (χ0n) is 21.0. The van der Waals surface area contributed by atoms with Crippen LogP contribution in [-0.2, 0) is 0 Å². The van der Waals surface area contributed by atoms with Gasteiger partial charge in [-0.15, -0.1) is 0 Å². The lowest BCUT2D eigenvalue weighted by atomic mass is 10.0. The van der Waals surface area contributed by atoms with Crippen LogP contribution in [0.2, 0.25) is 0 Å². The summed E-state index contributed by atoms with van der Waals surface area (Å²) < 4.78 is 15.6. The number of nitrogens with zero attached hydrogens (tertiary/aromatic N) is 2. The summed E-state index contributed by atoms with van der Waals surface area (Å²) in [6.45, 7) is 13.8. The van der Waals surface area contributed by atoms with Gasteiger partial charge in [-0.2, -0.15) is 5.10 Å². The molecule has 0 saturated heterocycles. The highest BCUT2D eigenvalue weighted by atomic mass is 19.1. The fraction of sp³-hybridized carbons (Fsp3) is 0.194. The molecular weight excluding hydrogens is 447 g/mol. The highest BCUT2D eigenvalue weighted by Crippen LogP contribution is 2.21. The predicted molar refractivity (Wildman–Crippen MR) is 150 cm³/mol. The number of nitrogens with one attached hydrogen (secondary N) is 2. The minimum atomic E-state index is -0.333. The summed E-state index contributed by atoms with van der Waals surface area (Å²) >= 11 is 0. The Morgan fingerprint density at radius 1 is 0.917 bits per heavy atom. The van der Waals surface area contributed by atoms with Crippen LogP contribution in [0.4, 0.5) is 4.39 Å². The van der Waals surface area contributed by atoms with Crippen molar-refractivity contribution < 1.29 is 4.39 Å². The van der Waals surface area contributed by atoms with Gasteiger partial charge in [-0.25, -0.2) is 9.07 Å². The molecule has 36 heavy (non-hydrogen) atoms. The molecule has 0 unspecified atom stereocenters. The molecule has 4 nitrogen and oxygen atoms in total. The van der Waals surface area contributed by atoms with Gasteiger partial charge in [-0.3, -0.25) is 0 Å². The van der Waals surface area contributed by atoms with Crippen molar-refractivity contribution in [3.63, 3.8) is 0 Å². The van der Waals surface area contributed by atoms with Crippen LogP contribution in [-0.4, -0.2) is 22.9 Å². The number of rotatable bonds is 11. The first kappa shape index (κ1) is 25.0. The van der Waals surface area contributed by atoms with Gasteiger partial charge < -0.3 is 10.6 Å². The smallest absolute Gasteiger partial charge is 0.164 e. The van der Waals surface area contributed by atoms with Gasteiger partial charge in [-0.05, 0) is 71.9 Å². The van der Waals surface area contributed by atoms with Crippen molar-refractivity contribution in [1.82, 2.24) is 20.4 Å². The maximum atomic E-state index is 14.0. The highest BCUT2D eigenvalue weighted by molar-refractivity contribution is 5.85. The van der Waals surface area contributed by atoms with Gasteiger partial charge in [0, 0.05) is 18.8 Å². The molecule has 0 spiro atoms. The van der Waals surface area contributed by atoms with Crippen molar-refractivity contribution in [2.75, 3.05) is 13.1 Å². The molecule has 0 fully saturated rings. The number of allylic oxidation sites excluding steroid dienone is 2. The van der Waals surface area contributed by atoms with Crippen LogP contribution in [0.15, 0.2) is 92.2 Å². The van der Waals surface area contributed by atoms with E-state index in [1.807, 2.05) is 36.4 Å². The molecule has 1 aromatic heterocycles. The van der Waals surface area contributed by atoms with Crippen LogP contribution in [0.3, 0.4) is 0 Å². The Morgan fingerprint density at radius 3 is 2.33 bits per heavy atom. The summed E-state index contributed by atoms with van der Waals surface area (Å²) in [6, 6.07) is 22.8. The number of fused-ring (bicyclic) bond motifs is 1. The molecule has 0 saturated carbocycles. The van der Waals surface area contributed by atoms with Crippen LogP contribution in [0.25, 0.3) is 27.9 Å². The summed E-state index contributed by atoms with van der Waals surface area (Å²) in [5.41, 5.74) is 5.52. The van der Waals surface area contributed by atoms with Gasteiger partial charge in [0.2, 0.25) is 0 Å². The third-order valence-corrected chi connectivity index (χ3v) is 6.33. The third kappa shape index (κ3) is 5.92. The van der Waals surface area contributed by atoms with Crippen molar-refractivity contribution in [1.29, 1.82) is 0 Å². The number of hydrogen-bond donors (Lipinski definition) is 2. The monoisotopic (exact) mass is 480 g/mol. The van der Waals surface area contributed by atoms with E-state index >= 15 is 0 Å². The minimum Gasteiger partial charge on any atom is -0.385 e. The van der Waals surface area contributed by atoms with Gasteiger partial charge >= 0.3 is 0 Å². The Labute approximate surface area is 212 Å². The van der Waals surface area contributed by atoms with Crippen molar-refractivity contribution in [2.24, 2.45) is 0 Å². The van der Waals surface area contributed by atoms with Gasteiger partial charge in [0.05, 0.1) is 11.9 Å². The lowest BCUT2D eigenvalue weighted by Crippen LogP contribution is -2.22. The van der Waals surface area contributed by atoms with E-state index in [1.165, 1.54) is 17.0 Å². The standard InChI is InChI=1S/C31H33FN4/c1-22-11-5-8-14-29(22)23(2)19-31(36-25(4)30(32)21-35-36)34-18-10-9-17-33-24(3)27-16-15-26-12-6-7-13-28(26)20-27/h5-8,11-16,19-21,33-34H,2-3,9-10,17-18H2,1,4H3/b31-19-. The second-order valence-electron chi connectivity index (χ2n) is 8.96. The van der Waals surface area contributed by atoms with E-state index in [0.717, 1.165) is 53.9 Å². The lowest BCUT2D eigenvalue weighted by Gasteiger charge is -2.15. The number of hydrogen-bond acceptors (Lipinski definition) is 3. The second kappa shape index (κ2) is 11.5. The molecule has 0 bridgehead atoms. The summed E-state index contributed by atoms with van der Waals surface area (Å²) in [4.78, 5) is 0. The second-order valence-corrected chi connectivity index (χ2v) is 8.96. The Balaban J connectivity index is 1.33. The quantitative estimate of drug-likeness (QED) is 0.181. The minimum absolute atomic E-state index is 0.333. The molecule has 0 radical (unpaired) electrons. The summed E-state index contributed by atoms with van der Waals surface area (Å²) in [6.07, 6.45) is 5.05. The van der Waals surface area contributed by atoms with Gasteiger partial charge in [-0.1, -0.05) is 73.8 Å². The molecule has 4 rings (SSSR count). The SMILES string of the molecule is C=C(NCCCCN/C(=C/C(=C)c1ccccc1C)n1ncc(F)c1C)c1ccc2ccccc2c1. The number of benzene rings is 3. The molecule has 0 aliphatic heterocycles. The summed E-state index contributed by atoms with van der Waals surface area (Å²) in [7, 11) is 0. The van der Waals surface area contributed by atoms with Gasteiger partial charge in [0.1, 0.15) is 5.82 Å². The van der Waals surface area contributed by atoms with E-state index in [1.54, 1.807) is 11.6 Å². The van der Waals surface area contributed by atoms with E-state index in [2.05, 4.69) is 72.2 Å². The molecule has 3 aromatic carbocycles. The first-order chi connectivity index (χ1) is 17.4. The first-order valence-corrected chi connectivity index (χ1v) is 12.3. The van der Waals surface area contributed by atoms with Crippen molar-refractivity contribution in [2.45, 2.75) is 26.7 Å². The van der Waals surface area contributed by atoms with E-state index in [0.29, 0.717) is 11.5 Å². The van der Waals surface area contributed by atoms with Crippen LogP contribution in [0.1, 0.15) is 35.2 Å². The van der Waals surface area contributed by atoms with E-state index < -0.39 is 0 Å². The van der Waals surface area contributed by atoms with E-state index in [-0.39, 0.29) is 5.82 Å². The Bertz CT molecular complexity index is 1410. The molecule has 5 heteroatoms. The number of unbranched alkanes of at least 4 members (excludes halogenated alkanes) is 1. The Hall–Kier alpha value is -4.12. The predicted octanol–water partition coefficient (Wildman–Crippen LogP) is 6.93. The molecule has 0 atom stereocenters. The Kier molecular flexibility index (Phi) is 8.01. The van der Waals surface area contributed by atoms with Crippen LogP contribution in [0, 0.1) is 19.7 Å². The highest BCUT2D eigenvalue weighted by Gasteiger charge is 2.11. The molecule has 0 aliphatic carbocycles. The van der Waals surface area contributed by atoms with Gasteiger partial charge in [0.25, 0.3) is 0 Å².